The van der Waals surface area contributed by atoms with Gasteiger partial charge in [0.15, 0.2) is 11.6 Å². The second-order valence-corrected chi connectivity index (χ2v) is 10.9. The number of halogens is 1. The summed E-state index contributed by atoms with van der Waals surface area (Å²) in [5.74, 6) is 1.73. The Bertz CT molecular complexity index is 1030. The molecule has 0 spiro atoms. The van der Waals surface area contributed by atoms with Gasteiger partial charge in [0.2, 0.25) is 10.0 Å². The number of sulfonamides is 1. The van der Waals surface area contributed by atoms with Crippen LogP contribution in [-0.2, 0) is 27.6 Å². The van der Waals surface area contributed by atoms with Gasteiger partial charge in [0, 0.05) is 32.5 Å². The van der Waals surface area contributed by atoms with Crippen molar-refractivity contribution in [2.24, 2.45) is 0 Å². The molecule has 2 saturated heterocycles. The van der Waals surface area contributed by atoms with Crippen molar-refractivity contribution in [3.63, 3.8) is 0 Å². The molecule has 2 fully saturated rings. The number of aromatic nitrogens is 3. The fraction of sp³-hybridized carbons (Fsp3) is 0.636. The van der Waals surface area contributed by atoms with Crippen LogP contribution in [0.4, 0.5) is 0 Å². The molecule has 11 heteroatoms. The molecule has 0 N–H and O–H groups in total. The molecule has 2 aromatic rings. The van der Waals surface area contributed by atoms with Crippen molar-refractivity contribution in [2.45, 2.75) is 32.1 Å². The number of ether oxygens (including phenoxy) is 2. The Morgan fingerprint density at radius 2 is 1.85 bits per heavy atom. The van der Waals surface area contributed by atoms with Crippen LogP contribution in [0.5, 0.6) is 5.75 Å². The highest BCUT2D eigenvalue weighted by atomic mass is 35.5. The van der Waals surface area contributed by atoms with Gasteiger partial charge >= 0.3 is 0 Å². The first-order valence-electron chi connectivity index (χ1n) is 11.5. The fourth-order valence-electron chi connectivity index (χ4n) is 4.33. The molecule has 0 unspecified atom stereocenters. The normalized spacial score (nSPS) is 18.5. The van der Waals surface area contributed by atoms with E-state index in [1.165, 1.54) is 23.6 Å². The van der Waals surface area contributed by atoms with Crippen molar-refractivity contribution in [1.29, 1.82) is 0 Å². The second kappa shape index (κ2) is 11.1. The van der Waals surface area contributed by atoms with E-state index in [-0.39, 0.29) is 12.2 Å². The van der Waals surface area contributed by atoms with Gasteiger partial charge in [0.05, 0.1) is 31.1 Å². The van der Waals surface area contributed by atoms with Crippen LogP contribution in [0.25, 0.3) is 5.69 Å². The number of morpholine rings is 1. The Hall–Kier alpha value is -1.72. The molecule has 0 saturated carbocycles. The van der Waals surface area contributed by atoms with E-state index in [0.29, 0.717) is 60.8 Å². The maximum atomic E-state index is 12.9. The Morgan fingerprint density at radius 3 is 2.58 bits per heavy atom. The molecule has 0 radical (unpaired) electrons. The van der Waals surface area contributed by atoms with Crippen molar-refractivity contribution in [3.05, 3.63) is 34.9 Å². The van der Waals surface area contributed by atoms with Crippen LogP contribution in [-0.4, -0.2) is 91.2 Å². The van der Waals surface area contributed by atoms with Crippen LogP contribution in [0.1, 0.15) is 30.9 Å². The summed E-state index contributed by atoms with van der Waals surface area (Å²) in [4.78, 5) is 7.18. The number of rotatable bonds is 9. The van der Waals surface area contributed by atoms with Crippen molar-refractivity contribution < 1.29 is 17.9 Å². The summed E-state index contributed by atoms with van der Waals surface area (Å²) in [5.41, 5.74) is 0.653. The summed E-state index contributed by atoms with van der Waals surface area (Å²) in [5, 5.41) is 5.20. The zero-order valence-corrected chi connectivity index (χ0v) is 20.7. The molecule has 0 bridgehead atoms. The number of hydrogen-bond donors (Lipinski definition) is 0. The van der Waals surface area contributed by atoms with Crippen LogP contribution < -0.4 is 4.74 Å². The molecule has 0 atom stereocenters. The summed E-state index contributed by atoms with van der Waals surface area (Å²) >= 11 is 6.34. The summed E-state index contributed by atoms with van der Waals surface area (Å²) in [6.45, 7) is 4.73. The lowest BCUT2D eigenvalue weighted by Crippen LogP contribution is -2.42. The van der Waals surface area contributed by atoms with Crippen LogP contribution in [0.3, 0.4) is 0 Å². The number of nitrogens with zero attached hydrogens (tertiary/aromatic N) is 5. The predicted octanol–water partition coefficient (Wildman–Crippen LogP) is 2.16. The quantitative estimate of drug-likeness (QED) is 0.524. The first kappa shape index (κ1) is 24.4. The Balaban J connectivity index is 1.57. The van der Waals surface area contributed by atoms with Gasteiger partial charge < -0.3 is 14.4 Å². The van der Waals surface area contributed by atoms with Gasteiger partial charge in [-0.15, -0.1) is 0 Å². The highest BCUT2D eigenvalue weighted by Crippen LogP contribution is 2.31. The molecule has 3 heterocycles. The molecular weight excluding hydrogens is 466 g/mol. The van der Waals surface area contributed by atoms with E-state index in [1.54, 1.807) is 17.9 Å². The van der Waals surface area contributed by atoms with Gasteiger partial charge in [0.25, 0.3) is 0 Å². The third-order valence-corrected chi connectivity index (χ3v) is 8.31. The van der Waals surface area contributed by atoms with E-state index >= 15 is 0 Å². The predicted molar refractivity (Wildman–Crippen MR) is 127 cm³/mol. The highest BCUT2D eigenvalue weighted by molar-refractivity contribution is 7.89. The first-order chi connectivity index (χ1) is 16.0. The second-order valence-electron chi connectivity index (χ2n) is 8.38. The molecule has 1 aromatic heterocycles. The smallest absolute Gasteiger partial charge is 0.214 e. The molecule has 4 rings (SSSR count). The van der Waals surface area contributed by atoms with Crippen molar-refractivity contribution in [3.8, 4) is 11.4 Å². The number of likely N-dealkylation sites (tertiary alicyclic amines) is 1. The molecule has 0 aliphatic carbocycles. The highest BCUT2D eigenvalue weighted by Gasteiger charge is 2.26. The molecule has 0 amide bonds. The van der Waals surface area contributed by atoms with Crippen LogP contribution in [0.2, 0.25) is 5.02 Å². The lowest BCUT2D eigenvalue weighted by molar-refractivity contribution is 0.0730. The number of hydrogen-bond acceptors (Lipinski definition) is 7. The number of methoxy groups -OCH3 is 1. The third-order valence-electron chi connectivity index (χ3n) is 6.14. The zero-order chi connectivity index (χ0) is 23.3. The van der Waals surface area contributed by atoms with E-state index in [2.05, 4.69) is 4.90 Å². The Morgan fingerprint density at radius 1 is 1.09 bits per heavy atom. The maximum absolute atomic E-state index is 12.9. The molecule has 1 aromatic carbocycles. The molecule has 9 nitrogen and oxygen atoms in total. The van der Waals surface area contributed by atoms with E-state index in [1.807, 2.05) is 12.1 Å². The van der Waals surface area contributed by atoms with Gasteiger partial charge in [-0.2, -0.15) is 9.40 Å². The minimum absolute atomic E-state index is 0.0415. The van der Waals surface area contributed by atoms with Gasteiger partial charge in [0.1, 0.15) is 11.5 Å². The minimum atomic E-state index is -3.42. The van der Waals surface area contributed by atoms with Crippen molar-refractivity contribution >= 4 is 21.6 Å². The lowest BCUT2D eigenvalue weighted by Gasteiger charge is -2.25. The average Bonchev–Trinajstić information content (AvgIpc) is 3.25. The molecule has 182 valence electrons. The van der Waals surface area contributed by atoms with Gasteiger partial charge in [-0.05, 0) is 38.1 Å². The monoisotopic (exact) mass is 497 g/mol. The average molecular weight is 498 g/mol. The topological polar surface area (TPSA) is 89.8 Å². The van der Waals surface area contributed by atoms with Gasteiger partial charge in [-0.25, -0.2) is 18.1 Å². The third kappa shape index (κ3) is 6.05. The number of benzene rings is 1. The molecular formula is C22H32ClN5O4S. The Kier molecular flexibility index (Phi) is 8.24. The molecule has 2 aliphatic rings. The van der Waals surface area contributed by atoms with Gasteiger partial charge in [-0.3, -0.25) is 0 Å². The summed E-state index contributed by atoms with van der Waals surface area (Å²) in [7, 11) is -1.86. The standard InChI is InChI=1S/C22H32ClN5O4S/c1-31-22-18(23)6-5-7-19(22)28-21(9-17-33(29,30)27-13-15-32-16-14-27)24-20(25-28)8-12-26-10-3-2-4-11-26/h5-7H,2-4,8-17H2,1H3. The fourth-order valence-corrected chi connectivity index (χ4v) is 5.98. The SMILES string of the molecule is COc1c(Cl)cccc1-n1nc(CCN2CCCCC2)nc1CCS(=O)(=O)N1CCOCC1. The summed E-state index contributed by atoms with van der Waals surface area (Å²) < 4.78 is 39.8. The van der Waals surface area contributed by atoms with E-state index in [9.17, 15) is 8.42 Å². The largest absolute Gasteiger partial charge is 0.493 e. The Labute approximate surface area is 200 Å². The van der Waals surface area contributed by atoms with Crippen LogP contribution in [0, 0.1) is 0 Å². The van der Waals surface area contributed by atoms with Crippen LogP contribution >= 0.6 is 11.6 Å². The number of piperidine rings is 1. The van der Waals surface area contributed by atoms with Crippen molar-refractivity contribution in [1.82, 2.24) is 24.0 Å². The van der Waals surface area contributed by atoms with E-state index in [4.69, 9.17) is 31.2 Å². The van der Waals surface area contributed by atoms with Gasteiger partial charge in [-0.1, -0.05) is 24.1 Å². The molecule has 2 aliphatic heterocycles. The van der Waals surface area contributed by atoms with E-state index in [0.717, 1.165) is 19.6 Å². The summed E-state index contributed by atoms with van der Waals surface area (Å²) in [6, 6.07) is 5.43. The zero-order valence-electron chi connectivity index (χ0n) is 19.1. The van der Waals surface area contributed by atoms with E-state index < -0.39 is 10.0 Å². The van der Waals surface area contributed by atoms with Crippen LogP contribution in [0.15, 0.2) is 18.2 Å². The lowest BCUT2D eigenvalue weighted by atomic mass is 10.1. The molecule has 33 heavy (non-hydrogen) atoms. The maximum Gasteiger partial charge on any atom is 0.214 e. The summed E-state index contributed by atoms with van der Waals surface area (Å²) in [6.07, 6.45) is 4.70. The number of aryl methyl sites for hydroxylation is 1. The first-order valence-corrected chi connectivity index (χ1v) is 13.5. The van der Waals surface area contributed by atoms with Crippen molar-refractivity contribution in [2.75, 3.05) is 58.8 Å². The minimum Gasteiger partial charge on any atom is -0.493 e. The number of para-hydroxylation sites is 1.